The van der Waals surface area contributed by atoms with Crippen molar-refractivity contribution in [2.45, 2.75) is 70.3 Å². The van der Waals surface area contributed by atoms with Gasteiger partial charge in [-0.2, -0.15) is 0 Å². The van der Waals surface area contributed by atoms with Crippen molar-refractivity contribution in [1.82, 2.24) is 30.1 Å². The van der Waals surface area contributed by atoms with Gasteiger partial charge in [0.05, 0.1) is 24.7 Å². The fourth-order valence-corrected chi connectivity index (χ4v) is 5.35. The summed E-state index contributed by atoms with van der Waals surface area (Å²) in [5.74, 6) is 2.21. The van der Waals surface area contributed by atoms with E-state index in [4.69, 9.17) is 14.2 Å². The summed E-state index contributed by atoms with van der Waals surface area (Å²) in [6.45, 7) is 3.67. The number of fused-ring (bicyclic) bond motifs is 2. The molecule has 0 bridgehead atoms. The summed E-state index contributed by atoms with van der Waals surface area (Å²) in [4.78, 5) is 18.4. The van der Waals surface area contributed by atoms with Gasteiger partial charge in [-0.25, -0.2) is 4.68 Å². The first-order valence-corrected chi connectivity index (χ1v) is 12.3. The minimum atomic E-state index is -0.0777. The molecule has 1 unspecified atom stereocenters. The lowest BCUT2D eigenvalue weighted by molar-refractivity contribution is 0.0906. The Morgan fingerprint density at radius 1 is 1.00 bits per heavy atom. The zero-order chi connectivity index (χ0) is 22.9. The molecular weight excluding hydrogens is 436 g/mol. The molecule has 0 amide bonds. The van der Waals surface area contributed by atoms with Crippen LogP contribution in [-0.4, -0.2) is 62.1 Å². The van der Waals surface area contributed by atoms with Crippen LogP contribution in [0, 0.1) is 0 Å². The lowest BCUT2D eigenvalue weighted by Crippen LogP contribution is -2.35. The molecule has 6 rings (SSSR count). The smallest absolute Gasteiger partial charge is 0.252 e. The molecule has 1 aromatic carbocycles. The highest BCUT2D eigenvalue weighted by Gasteiger charge is 2.27. The van der Waals surface area contributed by atoms with Gasteiger partial charge in [0.25, 0.3) is 5.56 Å². The molecule has 1 saturated heterocycles. The molecule has 1 atom stereocenters. The fraction of sp³-hybridized carbons (Fsp3) is 0.583. The second-order valence-corrected chi connectivity index (χ2v) is 9.46. The molecule has 2 aromatic heterocycles. The monoisotopic (exact) mass is 466 g/mol. The Hall–Kier alpha value is -2.98. The average Bonchev–Trinajstić information content (AvgIpc) is 3.62. The van der Waals surface area contributed by atoms with Gasteiger partial charge in [-0.05, 0) is 48.2 Å². The molecule has 3 aromatic rings. The van der Waals surface area contributed by atoms with Crippen molar-refractivity contribution in [3.63, 3.8) is 0 Å². The normalized spacial score (nSPS) is 20.6. The van der Waals surface area contributed by atoms with Crippen molar-refractivity contribution in [2.24, 2.45) is 0 Å². The van der Waals surface area contributed by atoms with Gasteiger partial charge in [0.2, 0.25) is 0 Å². The molecule has 34 heavy (non-hydrogen) atoms. The molecule has 4 heterocycles. The van der Waals surface area contributed by atoms with Crippen LogP contribution in [0.3, 0.4) is 0 Å². The first-order valence-electron chi connectivity index (χ1n) is 12.3. The number of hydrogen-bond donors (Lipinski definition) is 1. The van der Waals surface area contributed by atoms with E-state index in [0.717, 1.165) is 60.3 Å². The minimum Gasteiger partial charge on any atom is -0.486 e. The number of benzene rings is 1. The summed E-state index contributed by atoms with van der Waals surface area (Å²) >= 11 is 0. The Morgan fingerprint density at radius 3 is 2.62 bits per heavy atom. The van der Waals surface area contributed by atoms with E-state index < -0.39 is 0 Å². The molecule has 1 saturated carbocycles. The Kier molecular flexibility index (Phi) is 5.92. The van der Waals surface area contributed by atoms with E-state index in [-0.39, 0.29) is 11.7 Å². The number of ether oxygens (including phenoxy) is 3. The number of pyridine rings is 1. The number of hydrogen-bond acceptors (Lipinski definition) is 8. The van der Waals surface area contributed by atoms with Gasteiger partial charge in [-0.1, -0.05) is 12.8 Å². The van der Waals surface area contributed by atoms with Crippen molar-refractivity contribution >= 4 is 10.9 Å². The highest BCUT2D eigenvalue weighted by Crippen LogP contribution is 2.34. The van der Waals surface area contributed by atoms with E-state index in [2.05, 4.69) is 25.4 Å². The third-order valence-corrected chi connectivity index (χ3v) is 7.15. The van der Waals surface area contributed by atoms with E-state index in [1.165, 1.54) is 12.8 Å². The second kappa shape index (κ2) is 9.34. The summed E-state index contributed by atoms with van der Waals surface area (Å²) in [5.41, 5.74) is 1.41. The van der Waals surface area contributed by atoms with Gasteiger partial charge in [0.1, 0.15) is 13.2 Å². The molecule has 0 spiro atoms. The van der Waals surface area contributed by atoms with Gasteiger partial charge in [0, 0.05) is 36.2 Å². The first-order chi connectivity index (χ1) is 16.7. The molecule has 10 nitrogen and oxygen atoms in total. The fourth-order valence-electron chi connectivity index (χ4n) is 5.35. The van der Waals surface area contributed by atoms with Crippen LogP contribution in [0.2, 0.25) is 0 Å². The lowest BCUT2D eigenvalue weighted by Gasteiger charge is -2.28. The molecule has 180 valence electrons. The molecule has 2 fully saturated rings. The van der Waals surface area contributed by atoms with Gasteiger partial charge >= 0.3 is 0 Å². The van der Waals surface area contributed by atoms with Gasteiger partial charge < -0.3 is 19.2 Å². The molecular formula is C24H30N6O4. The van der Waals surface area contributed by atoms with Crippen LogP contribution in [0.15, 0.2) is 23.0 Å². The van der Waals surface area contributed by atoms with E-state index in [1.54, 1.807) is 0 Å². The standard InChI is InChI=1S/C24H30N6O4/c31-24-17(10-16-11-21-22(12-20(16)25-24)34-9-8-33-21)13-29(18-4-1-2-5-18)15-23-26-27-28-30(23)14-19-6-3-7-32-19/h10-12,18-19H,1-9,13-15H2,(H,25,31). The summed E-state index contributed by atoms with van der Waals surface area (Å²) in [6, 6.07) is 6.18. The van der Waals surface area contributed by atoms with Crippen LogP contribution in [-0.2, 0) is 24.4 Å². The highest BCUT2D eigenvalue weighted by atomic mass is 16.6. The predicted molar refractivity (Wildman–Crippen MR) is 124 cm³/mol. The van der Waals surface area contributed by atoms with Crippen molar-refractivity contribution in [1.29, 1.82) is 0 Å². The topological polar surface area (TPSA) is 107 Å². The molecule has 1 N–H and O–H groups in total. The molecule has 10 heteroatoms. The second-order valence-electron chi connectivity index (χ2n) is 9.46. The number of tetrazole rings is 1. The van der Waals surface area contributed by atoms with Gasteiger partial charge in [0.15, 0.2) is 17.3 Å². The predicted octanol–water partition coefficient (Wildman–Crippen LogP) is 2.41. The Bertz CT molecular complexity index is 1210. The minimum absolute atomic E-state index is 0.0777. The maximum atomic E-state index is 13.0. The van der Waals surface area contributed by atoms with E-state index in [9.17, 15) is 4.79 Å². The zero-order valence-electron chi connectivity index (χ0n) is 19.2. The third-order valence-electron chi connectivity index (χ3n) is 7.15. The SMILES string of the molecule is O=c1[nH]c2cc3c(cc2cc1CN(Cc1nnnn1CC1CCCO1)C1CCCC1)OCCO3. The zero-order valence-corrected chi connectivity index (χ0v) is 19.2. The van der Waals surface area contributed by atoms with Crippen LogP contribution in [0.4, 0.5) is 0 Å². The van der Waals surface area contributed by atoms with E-state index >= 15 is 0 Å². The average molecular weight is 467 g/mol. The number of aromatic amines is 1. The summed E-state index contributed by atoms with van der Waals surface area (Å²) in [7, 11) is 0. The van der Waals surface area contributed by atoms with Crippen molar-refractivity contribution in [3.8, 4) is 11.5 Å². The van der Waals surface area contributed by atoms with E-state index in [0.29, 0.717) is 44.6 Å². The van der Waals surface area contributed by atoms with Crippen LogP contribution in [0.25, 0.3) is 10.9 Å². The Balaban J connectivity index is 1.27. The lowest BCUT2D eigenvalue weighted by atomic mass is 10.1. The Labute approximate surface area is 197 Å². The number of H-pyrrole nitrogens is 1. The van der Waals surface area contributed by atoms with Crippen molar-refractivity contribution in [3.05, 3.63) is 39.9 Å². The summed E-state index contributed by atoms with van der Waals surface area (Å²) in [6.07, 6.45) is 6.95. The maximum Gasteiger partial charge on any atom is 0.252 e. The molecule has 1 aliphatic carbocycles. The highest BCUT2D eigenvalue weighted by molar-refractivity contribution is 5.83. The van der Waals surface area contributed by atoms with Gasteiger partial charge in [-0.3, -0.25) is 9.69 Å². The third kappa shape index (κ3) is 4.39. The molecule has 0 radical (unpaired) electrons. The number of nitrogens with one attached hydrogen (secondary N) is 1. The number of rotatable bonds is 7. The van der Waals surface area contributed by atoms with Crippen molar-refractivity contribution < 1.29 is 14.2 Å². The van der Waals surface area contributed by atoms with Gasteiger partial charge in [-0.15, -0.1) is 5.10 Å². The van der Waals surface area contributed by atoms with E-state index in [1.807, 2.05) is 22.9 Å². The molecule has 2 aliphatic heterocycles. The largest absolute Gasteiger partial charge is 0.486 e. The van der Waals surface area contributed by atoms with Crippen LogP contribution in [0.5, 0.6) is 11.5 Å². The van der Waals surface area contributed by atoms with Crippen molar-refractivity contribution in [2.75, 3.05) is 19.8 Å². The molecule has 3 aliphatic rings. The Morgan fingerprint density at radius 2 is 1.82 bits per heavy atom. The summed E-state index contributed by atoms with van der Waals surface area (Å²) in [5, 5.41) is 13.4. The number of aromatic nitrogens is 5. The quantitative estimate of drug-likeness (QED) is 0.566. The summed E-state index contributed by atoms with van der Waals surface area (Å²) < 4.78 is 19.1. The first kappa shape index (κ1) is 21.5. The maximum absolute atomic E-state index is 13.0. The van der Waals surface area contributed by atoms with Crippen LogP contribution < -0.4 is 15.0 Å². The van der Waals surface area contributed by atoms with Crippen LogP contribution in [0.1, 0.15) is 49.9 Å². The van der Waals surface area contributed by atoms with Crippen LogP contribution >= 0.6 is 0 Å². The number of nitrogens with zero attached hydrogens (tertiary/aromatic N) is 5.